The van der Waals surface area contributed by atoms with Gasteiger partial charge in [0.2, 0.25) is 5.91 Å². The van der Waals surface area contributed by atoms with Crippen LogP contribution in [0.5, 0.6) is 0 Å². The molecule has 4 saturated carbocycles. The van der Waals surface area contributed by atoms with E-state index in [9.17, 15) is 18.0 Å². The van der Waals surface area contributed by atoms with Gasteiger partial charge in [0.1, 0.15) is 0 Å². The summed E-state index contributed by atoms with van der Waals surface area (Å²) in [5.41, 5.74) is -0.119. The molecule has 0 heterocycles. The highest BCUT2D eigenvalue weighted by Crippen LogP contribution is 2.55. The minimum Gasteiger partial charge on any atom is -0.350 e. The van der Waals surface area contributed by atoms with Crippen molar-refractivity contribution in [2.24, 2.45) is 17.8 Å². The van der Waals surface area contributed by atoms with Crippen LogP contribution in [0.3, 0.4) is 0 Å². The molecular weight excluding hydrogens is 269 g/mol. The SMILES string of the molecule is O=C(CNCC(F)(F)F)NC12CC3CC(CC(C3)C1)C2. The standard InChI is InChI=1S/C14H21F3N2O/c15-14(16,17)8-18-7-12(20)19-13-4-9-1-10(5-13)3-11(2-9)6-13/h9-11,18H,1-8H2,(H,19,20). The molecule has 4 aliphatic rings. The maximum atomic E-state index is 12.0. The van der Waals surface area contributed by atoms with Crippen LogP contribution >= 0.6 is 0 Å². The molecule has 6 heteroatoms. The lowest BCUT2D eigenvalue weighted by atomic mass is 9.53. The molecule has 0 saturated heterocycles. The van der Waals surface area contributed by atoms with Gasteiger partial charge in [-0.25, -0.2) is 0 Å². The zero-order chi connectivity index (χ0) is 14.4. The fourth-order valence-corrected chi connectivity index (χ4v) is 4.92. The third-order valence-electron chi connectivity index (χ3n) is 5.05. The smallest absolute Gasteiger partial charge is 0.350 e. The molecule has 2 N–H and O–H groups in total. The Morgan fingerprint density at radius 3 is 2.00 bits per heavy atom. The molecule has 0 aliphatic heterocycles. The Kier molecular flexibility index (Phi) is 3.47. The number of rotatable bonds is 4. The predicted molar refractivity (Wildman–Crippen MR) is 68.0 cm³/mol. The second-order valence-corrected chi connectivity index (χ2v) is 6.96. The topological polar surface area (TPSA) is 41.1 Å². The van der Waals surface area contributed by atoms with E-state index in [1.807, 2.05) is 0 Å². The summed E-state index contributed by atoms with van der Waals surface area (Å²) in [4.78, 5) is 11.9. The Hall–Kier alpha value is -0.780. The molecule has 3 nitrogen and oxygen atoms in total. The van der Waals surface area contributed by atoms with E-state index in [-0.39, 0.29) is 18.0 Å². The van der Waals surface area contributed by atoms with E-state index in [0.717, 1.165) is 19.3 Å². The van der Waals surface area contributed by atoms with Gasteiger partial charge in [0.15, 0.2) is 0 Å². The zero-order valence-corrected chi connectivity index (χ0v) is 11.4. The summed E-state index contributed by atoms with van der Waals surface area (Å²) in [5, 5.41) is 5.21. The second-order valence-electron chi connectivity index (χ2n) is 6.96. The van der Waals surface area contributed by atoms with Gasteiger partial charge in [0.25, 0.3) is 0 Å². The molecule has 4 bridgehead atoms. The van der Waals surface area contributed by atoms with Gasteiger partial charge in [-0.15, -0.1) is 0 Å². The van der Waals surface area contributed by atoms with Gasteiger partial charge in [-0.1, -0.05) is 0 Å². The molecule has 114 valence electrons. The summed E-state index contributed by atoms with van der Waals surface area (Å²) in [5.74, 6) is 1.84. The van der Waals surface area contributed by atoms with E-state index in [1.54, 1.807) is 0 Å². The number of amides is 1. The number of carbonyl (C=O) groups excluding carboxylic acids is 1. The van der Waals surface area contributed by atoms with E-state index in [1.165, 1.54) is 19.3 Å². The number of hydrogen-bond acceptors (Lipinski definition) is 2. The molecule has 0 spiro atoms. The minimum atomic E-state index is -4.26. The van der Waals surface area contributed by atoms with E-state index in [2.05, 4.69) is 10.6 Å². The molecule has 4 aliphatic carbocycles. The Labute approximate surface area is 116 Å². The van der Waals surface area contributed by atoms with Crippen LogP contribution in [0, 0.1) is 17.8 Å². The highest BCUT2D eigenvalue weighted by atomic mass is 19.4. The molecule has 0 atom stereocenters. The van der Waals surface area contributed by atoms with Crippen LogP contribution in [0.25, 0.3) is 0 Å². The average Bonchev–Trinajstić information content (AvgIpc) is 2.23. The zero-order valence-electron chi connectivity index (χ0n) is 11.4. The van der Waals surface area contributed by atoms with Gasteiger partial charge in [-0.3, -0.25) is 4.79 Å². The van der Waals surface area contributed by atoms with Crippen molar-refractivity contribution in [3.63, 3.8) is 0 Å². The number of alkyl halides is 3. The first-order chi connectivity index (χ1) is 9.34. The molecule has 20 heavy (non-hydrogen) atoms. The number of halogens is 3. The Morgan fingerprint density at radius 1 is 1.05 bits per heavy atom. The first kappa shape index (κ1) is 14.2. The number of carbonyl (C=O) groups is 1. The maximum absolute atomic E-state index is 12.0. The lowest BCUT2D eigenvalue weighted by molar-refractivity contribution is -0.131. The van der Waals surface area contributed by atoms with Crippen molar-refractivity contribution in [3.8, 4) is 0 Å². The molecule has 4 fully saturated rings. The lowest BCUT2D eigenvalue weighted by Crippen LogP contribution is -2.61. The van der Waals surface area contributed by atoms with Crippen molar-refractivity contribution in [2.45, 2.75) is 50.2 Å². The molecular formula is C14H21F3N2O. The largest absolute Gasteiger partial charge is 0.401 e. The van der Waals surface area contributed by atoms with E-state index >= 15 is 0 Å². The van der Waals surface area contributed by atoms with Gasteiger partial charge >= 0.3 is 6.18 Å². The van der Waals surface area contributed by atoms with Gasteiger partial charge in [-0.05, 0) is 56.3 Å². The summed E-state index contributed by atoms with van der Waals surface area (Å²) < 4.78 is 36.1. The first-order valence-electron chi connectivity index (χ1n) is 7.42. The van der Waals surface area contributed by atoms with Crippen LogP contribution in [0.1, 0.15) is 38.5 Å². The number of nitrogens with one attached hydrogen (secondary N) is 2. The molecule has 0 aromatic carbocycles. The van der Waals surface area contributed by atoms with Crippen LogP contribution in [0.4, 0.5) is 13.2 Å². The van der Waals surface area contributed by atoms with Gasteiger partial charge < -0.3 is 10.6 Å². The monoisotopic (exact) mass is 290 g/mol. The third-order valence-corrected chi connectivity index (χ3v) is 5.05. The van der Waals surface area contributed by atoms with Gasteiger partial charge in [0.05, 0.1) is 13.1 Å². The highest BCUT2D eigenvalue weighted by molar-refractivity contribution is 5.79. The van der Waals surface area contributed by atoms with Crippen LogP contribution in [0.15, 0.2) is 0 Å². The normalized spacial score (nSPS) is 39.0. The van der Waals surface area contributed by atoms with Crippen molar-refractivity contribution in [2.75, 3.05) is 13.1 Å². The van der Waals surface area contributed by atoms with Crippen LogP contribution in [-0.2, 0) is 4.79 Å². The molecule has 0 aromatic heterocycles. The molecule has 1 amide bonds. The van der Waals surface area contributed by atoms with Crippen LogP contribution in [0.2, 0.25) is 0 Å². The van der Waals surface area contributed by atoms with E-state index < -0.39 is 12.7 Å². The Morgan fingerprint density at radius 2 is 1.55 bits per heavy atom. The highest BCUT2D eigenvalue weighted by Gasteiger charge is 2.51. The van der Waals surface area contributed by atoms with Crippen LogP contribution < -0.4 is 10.6 Å². The molecule has 4 rings (SSSR count). The number of hydrogen-bond donors (Lipinski definition) is 2. The second kappa shape index (κ2) is 4.90. The maximum Gasteiger partial charge on any atom is 0.401 e. The van der Waals surface area contributed by atoms with Gasteiger partial charge in [-0.2, -0.15) is 13.2 Å². The summed E-state index contributed by atoms with van der Waals surface area (Å²) in [6.45, 7) is -1.36. The van der Waals surface area contributed by atoms with Gasteiger partial charge in [0, 0.05) is 5.54 Å². The van der Waals surface area contributed by atoms with Crippen molar-refractivity contribution < 1.29 is 18.0 Å². The molecule has 0 unspecified atom stereocenters. The first-order valence-corrected chi connectivity index (χ1v) is 7.42. The fourth-order valence-electron chi connectivity index (χ4n) is 4.92. The third kappa shape index (κ3) is 3.10. The van der Waals surface area contributed by atoms with E-state index in [4.69, 9.17) is 0 Å². The van der Waals surface area contributed by atoms with Crippen LogP contribution in [-0.4, -0.2) is 30.7 Å². The molecule has 0 radical (unpaired) electrons. The quantitative estimate of drug-likeness (QED) is 0.833. The van der Waals surface area contributed by atoms with E-state index in [0.29, 0.717) is 17.8 Å². The molecule has 0 aromatic rings. The van der Waals surface area contributed by atoms with Crippen molar-refractivity contribution in [1.82, 2.24) is 10.6 Å². The summed E-state index contributed by atoms with van der Waals surface area (Å²) in [6.07, 6.45) is 2.63. The summed E-state index contributed by atoms with van der Waals surface area (Å²) in [6, 6.07) is 0. The minimum absolute atomic E-state index is 0.119. The Balaban J connectivity index is 1.51. The lowest BCUT2D eigenvalue weighted by Gasteiger charge is -2.56. The predicted octanol–water partition coefficient (Wildman–Crippen LogP) is 2.22. The Bertz CT molecular complexity index is 359. The van der Waals surface area contributed by atoms with Crippen molar-refractivity contribution >= 4 is 5.91 Å². The van der Waals surface area contributed by atoms with Crippen molar-refractivity contribution in [3.05, 3.63) is 0 Å². The van der Waals surface area contributed by atoms with Crippen molar-refractivity contribution in [1.29, 1.82) is 0 Å². The average molecular weight is 290 g/mol. The summed E-state index contributed by atoms with van der Waals surface area (Å²) >= 11 is 0. The summed E-state index contributed by atoms with van der Waals surface area (Å²) in [7, 11) is 0. The fraction of sp³-hybridized carbons (Fsp3) is 0.929.